The lowest BCUT2D eigenvalue weighted by Crippen LogP contribution is -1.96. The summed E-state index contributed by atoms with van der Waals surface area (Å²) in [6.07, 6.45) is 20.5. The summed E-state index contributed by atoms with van der Waals surface area (Å²) < 4.78 is 0. The molecule has 0 aromatic carbocycles. The van der Waals surface area contributed by atoms with E-state index < -0.39 is 0 Å². The molecule has 1 unspecified atom stereocenters. The second-order valence-corrected chi connectivity index (χ2v) is 7.17. The molecule has 128 valence electrons. The SMILES string of the molecule is CCCCCCCCC1=C(CCCCCC)C(CC)=CC1C. The molecule has 0 radical (unpaired) electrons. The molecule has 0 heteroatoms. The average molecular weight is 305 g/mol. The van der Waals surface area contributed by atoms with Crippen molar-refractivity contribution in [2.75, 3.05) is 0 Å². The van der Waals surface area contributed by atoms with Crippen LogP contribution >= 0.6 is 0 Å². The van der Waals surface area contributed by atoms with Crippen LogP contribution in [0, 0.1) is 5.92 Å². The standard InChI is InChI=1S/C22H40/c1-5-8-10-12-13-15-16-21-19(4)18-20(7-3)22(21)17-14-11-9-6-2/h18-19H,5-17H2,1-4H3. The van der Waals surface area contributed by atoms with Crippen LogP contribution in [0.4, 0.5) is 0 Å². The van der Waals surface area contributed by atoms with Crippen LogP contribution in [-0.2, 0) is 0 Å². The van der Waals surface area contributed by atoms with Crippen molar-refractivity contribution in [1.82, 2.24) is 0 Å². The third-order valence-electron chi connectivity index (χ3n) is 5.24. The molecule has 1 rings (SSSR count). The zero-order chi connectivity index (χ0) is 16.2. The van der Waals surface area contributed by atoms with Gasteiger partial charge in [-0.25, -0.2) is 0 Å². The molecule has 0 aromatic rings. The highest BCUT2D eigenvalue weighted by atomic mass is 14.3. The Morgan fingerprint density at radius 2 is 1.27 bits per heavy atom. The number of hydrogen-bond donors (Lipinski definition) is 0. The van der Waals surface area contributed by atoms with Crippen LogP contribution in [0.5, 0.6) is 0 Å². The molecule has 1 aliphatic rings. The Morgan fingerprint density at radius 1 is 0.727 bits per heavy atom. The maximum Gasteiger partial charge on any atom is -0.00398 e. The van der Waals surface area contributed by atoms with Gasteiger partial charge in [0.05, 0.1) is 0 Å². The largest absolute Gasteiger partial charge is 0.0741 e. The molecule has 1 aliphatic carbocycles. The van der Waals surface area contributed by atoms with E-state index in [2.05, 4.69) is 33.8 Å². The molecular formula is C22H40. The van der Waals surface area contributed by atoms with Gasteiger partial charge in [0.25, 0.3) is 0 Å². The van der Waals surface area contributed by atoms with Gasteiger partial charge in [-0.15, -0.1) is 0 Å². The van der Waals surface area contributed by atoms with Crippen molar-refractivity contribution in [1.29, 1.82) is 0 Å². The molecule has 1 atom stereocenters. The van der Waals surface area contributed by atoms with E-state index in [4.69, 9.17) is 0 Å². The van der Waals surface area contributed by atoms with E-state index in [0.717, 1.165) is 0 Å². The van der Waals surface area contributed by atoms with Crippen LogP contribution in [0.1, 0.15) is 111 Å². The highest BCUT2D eigenvalue weighted by molar-refractivity contribution is 5.44. The summed E-state index contributed by atoms with van der Waals surface area (Å²) in [6.45, 7) is 9.35. The van der Waals surface area contributed by atoms with Gasteiger partial charge in [0.1, 0.15) is 0 Å². The molecule has 0 saturated carbocycles. The molecule has 0 amide bonds. The van der Waals surface area contributed by atoms with Crippen molar-refractivity contribution < 1.29 is 0 Å². The Bertz CT molecular complexity index is 345. The monoisotopic (exact) mass is 304 g/mol. The molecule has 0 heterocycles. The highest BCUT2D eigenvalue weighted by Gasteiger charge is 2.21. The number of allylic oxidation sites excluding steroid dienone is 4. The van der Waals surface area contributed by atoms with Gasteiger partial charge >= 0.3 is 0 Å². The number of hydrogen-bond acceptors (Lipinski definition) is 0. The summed E-state index contributed by atoms with van der Waals surface area (Å²) in [7, 11) is 0. The molecule has 0 fully saturated rings. The first-order valence-electron chi connectivity index (χ1n) is 10.2. The fourth-order valence-corrected chi connectivity index (χ4v) is 3.84. The number of unbranched alkanes of at least 4 members (excludes halogenated alkanes) is 8. The summed E-state index contributed by atoms with van der Waals surface area (Å²) in [5.74, 6) is 0.715. The maximum atomic E-state index is 2.56. The van der Waals surface area contributed by atoms with Crippen molar-refractivity contribution in [2.45, 2.75) is 111 Å². The first-order valence-corrected chi connectivity index (χ1v) is 10.2. The fraction of sp³-hybridized carbons (Fsp3) is 0.818. The second kappa shape index (κ2) is 12.0. The molecule has 0 N–H and O–H groups in total. The van der Waals surface area contributed by atoms with E-state index in [1.165, 1.54) is 83.5 Å². The van der Waals surface area contributed by atoms with Gasteiger partial charge in [0, 0.05) is 0 Å². The van der Waals surface area contributed by atoms with Gasteiger partial charge in [-0.3, -0.25) is 0 Å². The summed E-state index contributed by atoms with van der Waals surface area (Å²) >= 11 is 0. The second-order valence-electron chi connectivity index (χ2n) is 7.17. The minimum atomic E-state index is 0.715. The summed E-state index contributed by atoms with van der Waals surface area (Å²) in [4.78, 5) is 0. The molecule has 0 aromatic heterocycles. The quantitative estimate of drug-likeness (QED) is 0.302. The molecule has 0 spiro atoms. The van der Waals surface area contributed by atoms with Crippen molar-refractivity contribution in [3.05, 3.63) is 22.8 Å². The fourth-order valence-electron chi connectivity index (χ4n) is 3.84. The lowest BCUT2D eigenvalue weighted by Gasteiger charge is -2.14. The van der Waals surface area contributed by atoms with E-state index in [-0.39, 0.29) is 0 Å². The molecule has 0 bridgehead atoms. The van der Waals surface area contributed by atoms with Gasteiger partial charge < -0.3 is 0 Å². The molecule has 0 aliphatic heterocycles. The Hall–Kier alpha value is -0.520. The van der Waals surface area contributed by atoms with E-state index in [0.29, 0.717) is 5.92 Å². The average Bonchev–Trinajstić information content (AvgIpc) is 2.83. The Morgan fingerprint density at radius 3 is 1.91 bits per heavy atom. The van der Waals surface area contributed by atoms with E-state index >= 15 is 0 Å². The minimum Gasteiger partial charge on any atom is -0.0741 e. The van der Waals surface area contributed by atoms with Gasteiger partial charge in [-0.2, -0.15) is 0 Å². The Kier molecular flexibility index (Phi) is 10.6. The third kappa shape index (κ3) is 6.71. The van der Waals surface area contributed by atoms with Crippen LogP contribution in [-0.4, -0.2) is 0 Å². The van der Waals surface area contributed by atoms with Crippen LogP contribution in [0.2, 0.25) is 0 Å². The van der Waals surface area contributed by atoms with Crippen LogP contribution in [0.3, 0.4) is 0 Å². The lowest BCUT2D eigenvalue weighted by atomic mass is 9.92. The first kappa shape index (κ1) is 19.5. The predicted octanol–water partition coefficient (Wildman–Crippen LogP) is 7.99. The van der Waals surface area contributed by atoms with Gasteiger partial charge in [0.2, 0.25) is 0 Å². The van der Waals surface area contributed by atoms with Crippen molar-refractivity contribution >= 4 is 0 Å². The van der Waals surface area contributed by atoms with Gasteiger partial charge in [-0.05, 0) is 49.2 Å². The maximum absolute atomic E-state index is 2.56. The summed E-state index contributed by atoms with van der Waals surface area (Å²) in [5, 5.41) is 0. The van der Waals surface area contributed by atoms with Gasteiger partial charge in [-0.1, -0.05) is 90.7 Å². The van der Waals surface area contributed by atoms with E-state index in [1.54, 1.807) is 16.7 Å². The van der Waals surface area contributed by atoms with Crippen LogP contribution in [0.25, 0.3) is 0 Å². The minimum absolute atomic E-state index is 0.715. The normalized spacial score (nSPS) is 18.2. The van der Waals surface area contributed by atoms with E-state index in [1.807, 2.05) is 0 Å². The van der Waals surface area contributed by atoms with Crippen LogP contribution in [0.15, 0.2) is 22.8 Å². The van der Waals surface area contributed by atoms with Crippen molar-refractivity contribution in [3.63, 3.8) is 0 Å². The zero-order valence-corrected chi connectivity index (χ0v) is 15.8. The topological polar surface area (TPSA) is 0 Å². The van der Waals surface area contributed by atoms with Gasteiger partial charge in [0.15, 0.2) is 0 Å². The van der Waals surface area contributed by atoms with Crippen molar-refractivity contribution in [2.24, 2.45) is 5.92 Å². The third-order valence-corrected chi connectivity index (χ3v) is 5.24. The highest BCUT2D eigenvalue weighted by Crippen LogP contribution is 2.38. The Balaban J connectivity index is 2.45. The Labute approximate surface area is 140 Å². The van der Waals surface area contributed by atoms with E-state index in [9.17, 15) is 0 Å². The molecule has 0 nitrogen and oxygen atoms in total. The molecular weight excluding hydrogens is 264 g/mol. The zero-order valence-electron chi connectivity index (χ0n) is 15.8. The van der Waals surface area contributed by atoms with Crippen LogP contribution < -0.4 is 0 Å². The smallest absolute Gasteiger partial charge is 0.00398 e. The van der Waals surface area contributed by atoms with Crippen molar-refractivity contribution in [3.8, 4) is 0 Å². The summed E-state index contributed by atoms with van der Waals surface area (Å²) in [5.41, 5.74) is 5.23. The number of rotatable bonds is 13. The molecule has 0 saturated heterocycles. The molecule has 22 heavy (non-hydrogen) atoms. The first-order chi connectivity index (χ1) is 10.7. The predicted molar refractivity (Wildman–Crippen MR) is 101 cm³/mol. The lowest BCUT2D eigenvalue weighted by molar-refractivity contribution is 0.594. The summed E-state index contributed by atoms with van der Waals surface area (Å²) in [6, 6.07) is 0.